The Balaban J connectivity index is 1.74. The van der Waals surface area contributed by atoms with Crippen LogP contribution in [0.5, 0.6) is 0 Å². The molecule has 1 amide bonds. The molecule has 0 atom stereocenters. The molecule has 136 valence electrons. The van der Waals surface area contributed by atoms with Crippen molar-refractivity contribution in [3.05, 3.63) is 62.8 Å². The summed E-state index contributed by atoms with van der Waals surface area (Å²) in [6.07, 6.45) is 1.59. The molecule has 0 saturated heterocycles. The predicted molar refractivity (Wildman–Crippen MR) is 111 cm³/mol. The average molecular weight is 442 g/mol. The molecule has 1 aromatic carbocycles. The molecule has 0 fully saturated rings. The first kappa shape index (κ1) is 17.9. The lowest BCUT2D eigenvalue weighted by atomic mass is 10.1. The van der Waals surface area contributed by atoms with Crippen molar-refractivity contribution in [2.45, 2.75) is 20.8 Å². The lowest BCUT2D eigenvalue weighted by Crippen LogP contribution is -2.12. The summed E-state index contributed by atoms with van der Waals surface area (Å²) in [4.78, 5) is 23.5. The number of halogens is 1. The van der Waals surface area contributed by atoms with E-state index >= 15 is 0 Å². The molecule has 3 heterocycles. The summed E-state index contributed by atoms with van der Waals surface area (Å²) in [5.74, 6) is 1.00. The van der Waals surface area contributed by atoms with Crippen LogP contribution in [-0.2, 0) is 0 Å². The van der Waals surface area contributed by atoms with Gasteiger partial charge < -0.3 is 9.73 Å². The summed E-state index contributed by atoms with van der Waals surface area (Å²) in [7, 11) is 0. The molecule has 0 radical (unpaired) electrons. The highest BCUT2D eigenvalue weighted by molar-refractivity contribution is 9.10. The van der Waals surface area contributed by atoms with Crippen molar-refractivity contribution in [1.29, 1.82) is 0 Å². The number of amides is 1. The summed E-state index contributed by atoms with van der Waals surface area (Å²) in [5, 5.41) is 3.93. The third kappa shape index (κ3) is 3.28. The third-order valence-corrected chi connectivity index (χ3v) is 6.03. The number of carbonyl (C=O) groups is 1. The lowest BCUT2D eigenvalue weighted by Gasteiger charge is -2.08. The third-order valence-electron chi connectivity index (χ3n) is 4.36. The number of rotatable bonds is 3. The van der Waals surface area contributed by atoms with E-state index in [9.17, 15) is 4.79 Å². The average Bonchev–Trinajstić information content (AvgIpc) is 3.26. The standard InChI is InChI=1S/C20H16BrN3O2S/c1-10-9-13(21)6-7-14(10)23-19(25)17-11(2)16-12(3)22-18(24-20(16)27-17)15-5-4-8-26-15/h4-9H,1-3H3,(H,23,25). The topological polar surface area (TPSA) is 68.0 Å². The Hall–Kier alpha value is -2.51. The van der Waals surface area contributed by atoms with E-state index in [1.807, 2.05) is 45.0 Å². The summed E-state index contributed by atoms with van der Waals surface area (Å²) in [6.45, 7) is 5.82. The second-order valence-electron chi connectivity index (χ2n) is 6.26. The minimum atomic E-state index is -0.139. The number of benzene rings is 1. The molecule has 4 aromatic rings. The number of nitrogens with zero attached hydrogens (tertiary/aromatic N) is 2. The predicted octanol–water partition coefficient (Wildman–Crippen LogP) is 5.89. The van der Waals surface area contributed by atoms with E-state index in [1.165, 1.54) is 11.3 Å². The molecule has 27 heavy (non-hydrogen) atoms. The van der Waals surface area contributed by atoms with Gasteiger partial charge in [0.05, 0.1) is 16.8 Å². The number of fused-ring (bicyclic) bond motifs is 1. The molecule has 3 aromatic heterocycles. The molecular weight excluding hydrogens is 426 g/mol. The quantitative estimate of drug-likeness (QED) is 0.430. The Morgan fingerprint density at radius 3 is 2.70 bits per heavy atom. The first-order valence-corrected chi connectivity index (χ1v) is 9.94. The van der Waals surface area contributed by atoms with Crippen molar-refractivity contribution in [3.63, 3.8) is 0 Å². The fourth-order valence-electron chi connectivity index (χ4n) is 3.02. The minimum Gasteiger partial charge on any atom is -0.461 e. The highest BCUT2D eigenvalue weighted by Gasteiger charge is 2.20. The first-order chi connectivity index (χ1) is 12.9. The van der Waals surface area contributed by atoms with Crippen LogP contribution < -0.4 is 5.32 Å². The Labute approximate surface area is 168 Å². The van der Waals surface area contributed by atoms with Gasteiger partial charge in [-0.2, -0.15) is 0 Å². The highest BCUT2D eigenvalue weighted by atomic mass is 79.9. The van der Waals surface area contributed by atoms with Crippen LogP contribution in [0.2, 0.25) is 0 Å². The first-order valence-electron chi connectivity index (χ1n) is 8.33. The molecule has 0 aliphatic carbocycles. The maximum absolute atomic E-state index is 12.9. The zero-order valence-corrected chi connectivity index (χ0v) is 17.4. The summed E-state index contributed by atoms with van der Waals surface area (Å²) in [6, 6.07) is 9.40. The number of anilines is 1. The molecule has 0 bridgehead atoms. The fourth-order valence-corrected chi connectivity index (χ4v) is 4.62. The van der Waals surface area contributed by atoms with Crippen molar-refractivity contribution >= 4 is 49.1 Å². The number of thiophene rings is 1. The second-order valence-corrected chi connectivity index (χ2v) is 8.17. The van der Waals surface area contributed by atoms with Crippen LogP contribution in [0.4, 0.5) is 5.69 Å². The Kier molecular flexibility index (Phi) is 4.57. The molecule has 7 heteroatoms. The van der Waals surface area contributed by atoms with Gasteiger partial charge in [0.2, 0.25) is 0 Å². The summed E-state index contributed by atoms with van der Waals surface area (Å²) in [5.41, 5.74) is 3.51. The Morgan fingerprint density at radius 1 is 1.19 bits per heavy atom. The van der Waals surface area contributed by atoms with Gasteiger partial charge in [-0.25, -0.2) is 9.97 Å². The molecule has 0 aliphatic heterocycles. The number of aryl methyl sites for hydroxylation is 3. The second kappa shape index (κ2) is 6.90. The van der Waals surface area contributed by atoms with Crippen LogP contribution in [0.3, 0.4) is 0 Å². The summed E-state index contributed by atoms with van der Waals surface area (Å²) >= 11 is 4.81. The van der Waals surface area contributed by atoms with Gasteiger partial charge in [0.15, 0.2) is 11.6 Å². The number of hydrogen-bond donors (Lipinski definition) is 1. The maximum Gasteiger partial charge on any atom is 0.266 e. The fraction of sp³-hybridized carbons (Fsp3) is 0.150. The van der Waals surface area contributed by atoms with Crippen LogP contribution in [0.25, 0.3) is 21.8 Å². The van der Waals surface area contributed by atoms with E-state index in [0.717, 1.165) is 37.2 Å². The van der Waals surface area contributed by atoms with Gasteiger partial charge in [0.1, 0.15) is 4.83 Å². The zero-order valence-electron chi connectivity index (χ0n) is 15.0. The van der Waals surface area contributed by atoms with Gasteiger partial charge in [0, 0.05) is 15.5 Å². The van der Waals surface area contributed by atoms with Crippen molar-refractivity contribution < 1.29 is 9.21 Å². The number of hydrogen-bond acceptors (Lipinski definition) is 5. The molecule has 1 N–H and O–H groups in total. The molecule has 0 saturated carbocycles. The van der Waals surface area contributed by atoms with Gasteiger partial charge in [-0.3, -0.25) is 4.79 Å². The van der Waals surface area contributed by atoms with Crippen LogP contribution in [0.1, 0.15) is 26.5 Å². The van der Waals surface area contributed by atoms with Crippen LogP contribution in [0.15, 0.2) is 45.5 Å². The van der Waals surface area contributed by atoms with E-state index in [1.54, 1.807) is 12.3 Å². The SMILES string of the molecule is Cc1cc(Br)ccc1NC(=O)c1sc2nc(-c3ccco3)nc(C)c2c1C. The summed E-state index contributed by atoms with van der Waals surface area (Å²) < 4.78 is 6.39. The van der Waals surface area contributed by atoms with Gasteiger partial charge in [-0.15, -0.1) is 11.3 Å². The highest BCUT2D eigenvalue weighted by Crippen LogP contribution is 2.33. The number of furan rings is 1. The smallest absolute Gasteiger partial charge is 0.266 e. The van der Waals surface area contributed by atoms with Gasteiger partial charge in [-0.05, 0) is 62.2 Å². The molecule has 0 aliphatic rings. The van der Waals surface area contributed by atoms with E-state index < -0.39 is 0 Å². The maximum atomic E-state index is 12.9. The van der Waals surface area contributed by atoms with E-state index in [4.69, 9.17) is 4.42 Å². The molecule has 0 spiro atoms. The van der Waals surface area contributed by atoms with E-state index in [2.05, 4.69) is 31.2 Å². The number of aromatic nitrogens is 2. The lowest BCUT2D eigenvalue weighted by molar-refractivity contribution is 0.103. The number of carbonyl (C=O) groups excluding carboxylic acids is 1. The van der Waals surface area contributed by atoms with Crippen LogP contribution >= 0.6 is 27.3 Å². The van der Waals surface area contributed by atoms with E-state index in [0.29, 0.717) is 16.5 Å². The van der Waals surface area contributed by atoms with Crippen LogP contribution in [0, 0.1) is 20.8 Å². The monoisotopic (exact) mass is 441 g/mol. The normalized spacial score (nSPS) is 11.1. The van der Waals surface area contributed by atoms with Gasteiger partial charge in [0.25, 0.3) is 5.91 Å². The molecular formula is C20H16BrN3O2S. The molecule has 0 unspecified atom stereocenters. The van der Waals surface area contributed by atoms with Crippen molar-refractivity contribution in [2.75, 3.05) is 5.32 Å². The van der Waals surface area contributed by atoms with E-state index in [-0.39, 0.29) is 5.91 Å². The largest absolute Gasteiger partial charge is 0.461 e. The van der Waals surface area contributed by atoms with Crippen molar-refractivity contribution in [1.82, 2.24) is 9.97 Å². The van der Waals surface area contributed by atoms with Gasteiger partial charge >= 0.3 is 0 Å². The van der Waals surface area contributed by atoms with Gasteiger partial charge in [-0.1, -0.05) is 15.9 Å². The van der Waals surface area contributed by atoms with Crippen molar-refractivity contribution in [2.24, 2.45) is 0 Å². The van der Waals surface area contributed by atoms with Crippen molar-refractivity contribution in [3.8, 4) is 11.6 Å². The minimum absolute atomic E-state index is 0.139. The molecule has 5 nitrogen and oxygen atoms in total. The Bertz CT molecular complexity index is 1170. The molecule has 4 rings (SSSR count). The number of nitrogens with one attached hydrogen (secondary N) is 1. The zero-order chi connectivity index (χ0) is 19.1. The van der Waals surface area contributed by atoms with Crippen LogP contribution in [-0.4, -0.2) is 15.9 Å². The Morgan fingerprint density at radius 2 is 2.00 bits per heavy atom.